The number of carboxylic acids is 1. The van der Waals surface area contributed by atoms with Crippen LogP contribution in [-0.4, -0.2) is 32.4 Å². The van der Waals surface area contributed by atoms with Crippen LogP contribution < -0.4 is 0 Å². The summed E-state index contributed by atoms with van der Waals surface area (Å²) < 4.78 is 0. The fourth-order valence-electron chi connectivity index (χ4n) is 2.36. The van der Waals surface area contributed by atoms with E-state index >= 15 is 0 Å². The summed E-state index contributed by atoms with van der Waals surface area (Å²) in [6.45, 7) is 2.20. The van der Waals surface area contributed by atoms with Gasteiger partial charge in [0.2, 0.25) is 0 Å². The summed E-state index contributed by atoms with van der Waals surface area (Å²) in [5.41, 5.74) is 0. The van der Waals surface area contributed by atoms with Crippen molar-refractivity contribution in [3.8, 4) is 0 Å². The summed E-state index contributed by atoms with van der Waals surface area (Å²) >= 11 is 0. The molecule has 3 nitrogen and oxygen atoms in total. The quantitative estimate of drug-likeness (QED) is 0.256. The molecular weight excluding hydrogens is 273 g/mol. The SMILES string of the molecule is CCCCCC[C@@H](O)C/C=C\CCCCCCCC(=O)O.[Be+2].[H-].[H-]. The van der Waals surface area contributed by atoms with Crippen molar-refractivity contribution < 1.29 is 17.9 Å². The Morgan fingerprint density at radius 1 is 1.00 bits per heavy atom. The van der Waals surface area contributed by atoms with Gasteiger partial charge in [-0.05, 0) is 32.1 Å². The van der Waals surface area contributed by atoms with Crippen molar-refractivity contribution in [1.82, 2.24) is 0 Å². The van der Waals surface area contributed by atoms with Crippen LogP contribution in [0.2, 0.25) is 0 Å². The number of aliphatic hydroxyl groups is 1. The van der Waals surface area contributed by atoms with Gasteiger partial charge in [0.25, 0.3) is 0 Å². The number of carboxylic acid groups (broad SMARTS) is 1. The predicted molar refractivity (Wildman–Crippen MR) is 96.5 cm³/mol. The number of hydrogen-bond donors (Lipinski definition) is 2. The minimum Gasteiger partial charge on any atom is -1.00 e. The number of unbranched alkanes of at least 4 members (excludes halogenated alkanes) is 8. The molecule has 0 bridgehead atoms. The van der Waals surface area contributed by atoms with Crippen LogP contribution >= 0.6 is 0 Å². The van der Waals surface area contributed by atoms with Gasteiger partial charge in [0.05, 0.1) is 6.10 Å². The number of rotatable bonds is 15. The van der Waals surface area contributed by atoms with Crippen molar-refractivity contribution in [3.63, 3.8) is 0 Å². The molecule has 22 heavy (non-hydrogen) atoms. The van der Waals surface area contributed by atoms with Gasteiger partial charge >= 0.3 is 16.1 Å². The third-order valence-electron chi connectivity index (χ3n) is 3.73. The molecule has 4 heteroatoms. The molecule has 0 aliphatic heterocycles. The minimum absolute atomic E-state index is 0. The zero-order valence-electron chi connectivity index (χ0n) is 16.4. The second kappa shape index (κ2) is 18.4. The summed E-state index contributed by atoms with van der Waals surface area (Å²) in [6, 6.07) is 0. The molecule has 0 fully saturated rings. The van der Waals surface area contributed by atoms with Gasteiger partial charge in [-0.25, -0.2) is 0 Å². The van der Waals surface area contributed by atoms with Gasteiger partial charge in [-0.1, -0.05) is 64.0 Å². The minimum atomic E-state index is -0.689. The second-order valence-electron chi connectivity index (χ2n) is 5.91. The fraction of sp³-hybridized carbons (Fsp3) is 0.833. The normalized spacial score (nSPS) is 12.3. The van der Waals surface area contributed by atoms with Gasteiger partial charge in [-0.15, -0.1) is 0 Å². The van der Waals surface area contributed by atoms with Crippen LogP contribution in [0.15, 0.2) is 12.2 Å². The molecular formula is C18H36BeO3. The third-order valence-corrected chi connectivity index (χ3v) is 3.73. The zero-order valence-corrected chi connectivity index (χ0v) is 14.4. The van der Waals surface area contributed by atoms with E-state index in [9.17, 15) is 9.90 Å². The van der Waals surface area contributed by atoms with Crippen molar-refractivity contribution in [1.29, 1.82) is 0 Å². The van der Waals surface area contributed by atoms with Crippen molar-refractivity contribution in [3.05, 3.63) is 12.2 Å². The predicted octanol–water partition coefficient (Wildman–Crippen LogP) is 4.92. The number of carbonyl (C=O) groups is 1. The van der Waals surface area contributed by atoms with E-state index in [1.165, 1.54) is 25.7 Å². The maximum Gasteiger partial charge on any atom is 2.00 e. The molecule has 0 aromatic rings. The van der Waals surface area contributed by atoms with Crippen molar-refractivity contribution in [2.45, 2.75) is 96.5 Å². The van der Waals surface area contributed by atoms with Gasteiger partial charge < -0.3 is 13.1 Å². The Kier molecular flexibility index (Phi) is 19.7. The van der Waals surface area contributed by atoms with Crippen LogP contribution in [0, 0.1) is 0 Å². The molecule has 0 spiro atoms. The van der Waals surface area contributed by atoms with Crippen molar-refractivity contribution in [2.24, 2.45) is 0 Å². The second-order valence-corrected chi connectivity index (χ2v) is 5.91. The van der Waals surface area contributed by atoms with Gasteiger partial charge in [0, 0.05) is 6.42 Å². The van der Waals surface area contributed by atoms with E-state index in [1.807, 2.05) is 0 Å². The number of hydrogen-bond acceptors (Lipinski definition) is 2. The van der Waals surface area contributed by atoms with Crippen LogP contribution in [0.5, 0.6) is 0 Å². The molecule has 2 N–H and O–H groups in total. The average molecular weight is 309 g/mol. The van der Waals surface area contributed by atoms with E-state index in [2.05, 4.69) is 19.1 Å². The van der Waals surface area contributed by atoms with Gasteiger partial charge in [-0.3, -0.25) is 4.79 Å². The van der Waals surface area contributed by atoms with E-state index in [-0.39, 0.29) is 19.1 Å². The summed E-state index contributed by atoms with van der Waals surface area (Å²) in [4.78, 5) is 10.3. The van der Waals surface area contributed by atoms with Crippen molar-refractivity contribution in [2.75, 3.05) is 0 Å². The topological polar surface area (TPSA) is 57.5 Å². The van der Waals surface area contributed by atoms with E-state index in [0.717, 1.165) is 51.4 Å². The Balaban J connectivity index is -0.000000667. The Morgan fingerprint density at radius 3 is 2.32 bits per heavy atom. The molecule has 128 valence electrons. The summed E-state index contributed by atoms with van der Waals surface area (Å²) in [6.07, 6.45) is 17.4. The summed E-state index contributed by atoms with van der Waals surface area (Å²) in [5.74, 6) is -0.689. The Labute approximate surface area is 143 Å². The molecule has 0 aromatic heterocycles. The number of allylic oxidation sites excluding steroid dienone is 1. The average Bonchev–Trinajstić information content (AvgIpc) is 2.45. The van der Waals surface area contributed by atoms with E-state index in [4.69, 9.17) is 5.11 Å². The molecule has 1 atom stereocenters. The monoisotopic (exact) mass is 309 g/mol. The molecule has 0 heterocycles. The van der Waals surface area contributed by atoms with E-state index in [1.54, 1.807) is 0 Å². The molecule has 0 aromatic carbocycles. The molecule has 0 amide bonds. The van der Waals surface area contributed by atoms with E-state index < -0.39 is 5.97 Å². The maximum atomic E-state index is 10.3. The molecule has 0 saturated carbocycles. The molecule has 0 rings (SSSR count). The van der Waals surface area contributed by atoms with Gasteiger partial charge in [-0.2, -0.15) is 0 Å². The van der Waals surface area contributed by atoms with Crippen LogP contribution in [0.3, 0.4) is 0 Å². The summed E-state index contributed by atoms with van der Waals surface area (Å²) in [7, 11) is 0. The smallest absolute Gasteiger partial charge is 1.00 e. The largest absolute Gasteiger partial charge is 2.00 e. The Bertz CT molecular complexity index is 277. The molecule has 0 aliphatic carbocycles. The van der Waals surface area contributed by atoms with E-state index in [0.29, 0.717) is 6.42 Å². The number of aliphatic hydroxyl groups excluding tert-OH is 1. The van der Waals surface area contributed by atoms with Crippen LogP contribution in [0.4, 0.5) is 0 Å². The van der Waals surface area contributed by atoms with Crippen molar-refractivity contribution >= 4 is 16.1 Å². The summed E-state index contributed by atoms with van der Waals surface area (Å²) in [5, 5.41) is 18.3. The first-order valence-corrected chi connectivity index (χ1v) is 8.71. The van der Waals surface area contributed by atoms with Crippen LogP contribution in [-0.2, 0) is 4.79 Å². The molecule has 0 radical (unpaired) electrons. The standard InChI is InChI=1S/C18H34O3.Be.2H/c1-2-3-4-11-14-17(19)15-12-9-7-5-6-8-10-13-16-18(20)21;;;/h9,12,17,19H,2-8,10-11,13-16H2,1H3,(H,20,21);;;/q;+2;2*-1/b12-9-;;;/t17-;;;/m1.../s1. The maximum absolute atomic E-state index is 10.3. The number of aliphatic carboxylic acids is 1. The van der Waals surface area contributed by atoms with Gasteiger partial charge in [0.1, 0.15) is 0 Å². The Morgan fingerprint density at radius 2 is 1.64 bits per heavy atom. The fourth-order valence-corrected chi connectivity index (χ4v) is 2.36. The third kappa shape index (κ3) is 19.3. The van der Waals surface area contributed by atoms with Crippen LogP contribution in [0.25, 0.3) is 0 Å². The first kappa shape index (κ1) is 23.6. The molecule has 0 unspecified atom stereocenters. The molecule has 0 aliphatic rings. The zero-order chi connectivity index (χ0) is 15.8. The Hall–Kier alpha value is -0.661. The first-order valence-electron chi connectivity index (χ1n) is 8.71. The van der Waals surface area contributed by atoms with Gasteiger partial charge in [0.15, 0.2) is 0 Å². The van der Waals surface area contributed by atoms with Crippen LogP contribution in [0.1, 0.15) is 93.2 Å². The first-order chi connectivity index (χ1) is 10.2. The molecule has 0 saturated heterocycles.